The molecule has 6 nitrogen and oxygen atoms in total. The Balaban J connectivity index is 1.69. The topological polar surface area (TPSA) is 80.2 Å². The normalized spacial score (nSPS) is 14.7. The zero-order valence-electron chi connectivity index (χ0n) is 13.0. The summed E-state index contributed by atoms with van der Waals surface area (Å²) in [6, 6.07) is 9.91. The number of aromatic nitrogens is 3. The molecule has 1 aliphatic rings. The first-order chi connectivity index (χ1) is 11.8. The number of ether oxygens (including phenoxy) is 1. The molecule has 0 unspecified atom stereocenters. The van der Waals surface area contributed by atoms with E-state index in [9.17, 15) is 4.79 Å². The molecular formula is C18H16N4O2. The van der Waals surface area contributed by atoms with Crippen molar-refractivity contribution in [3.63, 3.8) is 0 Å². The Labute approximate surface area is 138 Å². The van der Waals surface area contributed by atoms with Crippen LogP contribution in [0.1, 0.15) is 24.0 Å². The van der Waals surface area contributed by atoms with Crippen LogP contribution >= 0.6 is 0 Å². The van der Waals surface area contributed by atoms with E-state index in [1.165, 1.54) is 6.33 Å². The van der Waals surface area contributed by atoms with E-state index in [4.69, 9.17) is 4.74 Å². The molecule has 0 radical (unpaired) electrons. The number of rotatable bonds is 4. The number of benzene rings is 1. The SMILES string of the molecule is O=C1CCN=C(c2c[nH]c3ncnc(OCc4ccccc4)c23)C1. The molecule has 120 valence electrons. The predicted octanol–water partition coefficient (Wildman–Crippen LogP) is 2.69. The van der Waals surface area contributed by atoms with E-state index < -0.39 is 0 Å². The first kappa shape index (κ1) is 14.6. The highest BCUT2D eigenvalue weighted by molar-refractivity contribution is 6.18. The van der Waals surface area contributed by atoms with E-state index >= 15 is 0 Å². The summed E-state index contributed by atoms with van der Waals surface area (Å²) >= 11 is 0. The molecule has 0 spiro atoms. The fourth-order valence-electron chi connectivity index (χ4n) is 2.82. The van der Waals surface area contributed by atoms with Gasteiger partial charge in [0.05, 0.1) is 11.1 Å². The largest absolute Gasteiger partial charge is 0.472 e. The molecule has 4 rings (SSSR count). The third kappa shape index (κ3) is 2.78. The molecule has 1 aromatic carbocycles. The van der Waals surface area contributed by atoms with Gasteiger partial charge in [0, 0.05) is 31.1 Å². The van der Waals surface area contributed by atoms with Crippen LogP contribution in [0.4, 0.5) is 0 Å². The third-order valence-electron chi connectivity index (χ3n) is 4.02. The lowest BCUT2D eigenvalue weighted by Gasteiger charge is -2.12. The Morgan fingerprint density at radius 2 is 2.04 bits per heavy atom. The average Bonchev–Trinajstić information content (AvgIpc) is 3.05. The Morgan fingerprint density at radius 1 is 1.17 bits per heavy atom. The second kappa shape index (κ2) is 6.23. The van der Waals surface area contributed by atoms with E-state index in [-0.39, 0.29) is 5.78 Å². The van der Waals surface area contributed by atoms with Crippen molar-refractivity contribution >= 4 is 22.5 Å². The van der Waals surface area contributed by atoms with Gasteiger partial charge in [-0.05, 0) is 5.56 Å². The Morgan fingerprint density at radius 3 is 2.88 bits per heavy atom. The standard InChI is InChI=1S/C18H16N4O2/c23-13-6-7-19-15(8-13)14-9-20-17-16(14)18(22-11-21-17)24-10-12-4-2-1-3-5-12/h1-5,9,11H,6-8,10H2,(H,20,21,22). The van der Waals surface area contributed by atoms with E-state index in [0.29, 0.717) is 37.5 Å². The number of hydrogen-bond donors (Lipinski definition) is 1. The molecule has 0 fully saturated rings. The Hall–Kier alpha value is -3.02. The summed E-state index contributed by atoms with van der Waals surface area (Å²) in [5, 5.41) is 0.780. The van der Waals surface area contributed by atoms with Crippen LogP contribution < -0.4 is 4.74 Å². The minimum atomic E-state index is 0.206. The van der Waals surface area contributed by atoms with Crippen LogP contribution in [0.15, 0.2) is 47.8 Å². The van der Waals surface area contributed by atoms with Crippen molar-refractivity contribution in [3.05, 3.63) is 54.0 Å². The summed E-state index contributed by atoms with van der Waals surface area (Å²) in [6.07, 6.45) is 4.16. The molecule has 0 atom stereocenters. The molecule has 24 heavy (non-hydrogen) atoms. The molecule has 0 bridgehead atoms. The number of Topliss-reactive ketones (excluding diaryl/α,β-unsaturated/α-hetero) is 1. The first-order valence-electron chi connectivity index (χ1n) is 7.85. The number of ketones is 1. The second-order valence-corrected chi connectivity index (χ2v) is 5.67. The van der Waals surface area contributed by atoms with Crippen molar-refractivity contribution in [1.82, 2.24) is 15.0 Å². The predicted molar refractivity (Wildman–Crippen MR) is 90.3 cm³/mol. The molecule has 0 aliphatic carbocycles. The summed E-state index contributed by atoms with van der Waals surface area (Å²) in [7, 11) is 0. The van der Waals surface area contributed by atoms with Crippen molar-refractivity contribution in [2.75, 3.05) is 6.54 Å². The number of carbonyl (C=O) groups is 1. The van der Waals surface area contributed by atoms with Gasteiger partial charge < -0.3 is 9.72 Å². The number of H-pyrrole nitrogens is 1. The molecule has 1 N–H and O–H groups in total. The number of carbonyl (C=O) groups excluding carboxylic acids is 1. The molecular weight excluding hydrogens is 304 g/mol. The van der Waals surface area contributed by atoms with Gasteiger partial charge in [-0.1, -0.05) is 30.3 Å². The van der Waals surface area contributed by atoms with Crippen molar-refractivity contribution in [1.29, 1.82) is 0 Å². The smallest absolute Gasteiger partial charge is 0.227 e. The summed E-state index contributed by atoms with van der Waals surface area (Å²) in [5.74, 6) is 0.707. The number of aromatic amines is 1. The second-order valence-electron chi connectivity index (χ2n) is 5.67. The lowest BCUT2D eigenvalue weighted by Crippen LogP contribution is -2.16. The molecule has 2 aromatic heterocycles. The monoisotopic (exact) mass is 320 g/mol. The molecule has 3 heterocycles. The van der Waals surface area contributed by atoms with Crippen molar-refractivity contribution in [2.24, 2.45) is 4.99 Å². The summed E-state index contributed by atoms with van der Waals surface area (Å²) in [5.41, 5.74) is 3.37. The zero-order chi connectivity index (χ0) is 16.4. The van der Waals surface area contributed by atoms with Gasteiger partial charge in [0.2, 0.25) is 5.88 Å². The Bertz CT molecular complexity index is 915. The molecule has 3 aromatic rings. The van der Waals surface area contributed by atoms with Crippen LogP contribution in [0.25, 0.3) is 11.0 Å². The van der Waals surface area contributed by atoms with E-state index in [0.717, 1.165) is 22.2 Å². The van der Waals surface area contributed by atoms with Crippen LogP contribution in [-0.4, -0.2) is 33.0 Å². The van der Waals surface area contributed by atoms with Crippen molar-refractivity contribution in [3.8, 4) is 5.88 Å². The minimum absolute atomic E-state index is 0.206. The van der Waals surface area contributed by atoms with Gasteiger partial charge in [-0.2, -0.15) is 0 Å². The maximum Gasteiger partial charge on any atom is 0.227 e. The first-order valence-corrected chi connectivity index (χ1v) is 7.85. The highest BCUT2D eigenvalue weighted by Gasteiger charge is 2.20. The quantitative estimate of drug-likeness (QED) is 0.801. The molecule has 0 saturated carbocycles. The molecule has 1 aliphatic heterocycles. The Kier molecular flexibility index (Phi) is 3.78. The number of nitrogens with zero attached hydrogens (tertiary/aromatic N) is 3. The number of aliphatic imine (C=N–C) groups is 1. The number of fused-ring (bicyclic) bond motifs is 1. The van der Waals surface area contributed by atoms with Gasteiger partial charge in [-0.25, -0.2) is 9.97 Å². The lowest BCUT2D eigenvalue weighted by molar-refractivity contribution is -0.117. The number of nitrogens with one attached hydrogen (secondary N) is 1. The maximum atomic E-state index is 11.7. The summed E-state index contributed by atoms with van der Waals surface area (Å²) in [4.78, 5) is 27.9. The summed E-state index contributed by atoms with van der Waals surface area (Å²) in [6.45, 7) is 0.956. The highest BCUT2D eigenvalue weighted by atomic mass is 16.5. The van der Waals surface area contributed by atoms with Crippen LogP contribution in [0.2, 0.25) is 0 Å². The van der Waals surface area contributed by atoms with Crippen LogP contribution in [0, 0.1) is 0 Å². The van der Waals surface area contributed by atoms with Gasteiger partial charge >= 0.3 is 0 Å². The fraction of sp³-hybridized carbons (Fsp3) is 0.222. The van der Waals surface area contributed by atoms with Gasteiger partial charge in [-0.15, -0.1) is 0 Å². The average molecular weight is 320 g/mol. The molecule has 0 amide bonds. The highest BCUT2D eigenvalue weighted by Crippen LogP contribution is 2.28. The fourth-order valence-corrected chi connectivity index (χ4v) is 2.82. The van der Waals surface area contributed by atoms with Crippen molar-refractivity contribution in [2.45, 2.75) is 19.4 Å². The third-order valence-corrected chi connectivity index (χ3v) is 4.02. The summed E-state index contributed by atoms with van der Waals surface area (Å²) < 4.78 is 5.91. The van der Waals surface area contributed by atoms with E-state index in [1.807, 2.05) is 36.5 Å². The lowest BCUT2D eigenvalue weighted by atomic mass is 10.0. The molecule has 0 saturated heterocycles. The van der Waals surface area contributed by atoms with Gasteiger partial charge in [0.25, 0.3) is 0 Å². The van der Waals surface area contributed by atoms with Gasteiger partial charge in [0.15, 0.2) is 0 Å². The van der Waals surface area contributed by atoms with Gasteiger partial charge in [0.1, 0.15) is 24.4 Å². The van der Waals surface area contributed by atoms with E-state index in [1.54, 1.807) is 0 Å². The van der Waals surface area contributed by atoms with Gasteiger partial charge in [-0.3, -0.25) is 9.79 Å². The van der Waals surface area contributed by atoms with Crippen molar-refractivity contribution < 1.29 is 9.53 Å². The van der Waals surface area contributed by atoms with Crippen LogP contribution in [-0.2, 0) is 11.4 Å². The van der Waals surface area contributed by atoms with Crippen LogP contribution in [0.3, 0.4) is 0 Å². The number of hydrogen-bond acceptors (Lipinski definition) is 5. The maximum absolute atomic E-state index is 11.7. The zero-order valence-corrected chi connectivity index (χ0v) is 13.0. The van der Waals surface area contributed by atoms with Crippen LogP contribution in [0.5, 0.6) is 5.88 Å². The molecule has 6 heteroatoms. The minimum Gasteiger partial charge on any atom is -0.472 e. The van der Waals surface area contributed by atoms with E-state index in [2.05, 4.69) is 19.9 Å².